The number of hydrogen-bond acceptors (Lipinski definition) is 3. The number of amides is 4. The van der Waals surface area contributed by atoms with Crippen LogP contribution in [0.4, 0.5) is 49.9 Å². The second-order valence-corrected chi connectivity index (χ2v) is 7.73. The second kappa shape index (κ2) is 11.2. The standard InChI is InChI=1S/C22H16Cl2F4N4O3/c23-12-3-1-5-14(9-12)29-20(33)31-16-7-8-18(35-22(27,28)19(25)26)17(11-16)32-21(34)30-15-6-2-4-13(24)10-15/h1-11,19H,(H2,29,31,33)(H2,30,32,34). The molecule has 0 aliphatic carbocycles. The number of alkyl halides is 4. The van der Waals surface area contributed by atoms with Crippen LogP contribution >= 0.6 is 23.2 Å². The van der Waals surface area contributed by atoms with Crippen LogP contribution in [0.3, 0.4) is 0 Å². The highest BCUT2D eigenvalue weighted by atomic mass is 35.5. The zero-order chi connectivity index (χ0) is 25.6. The predicted molar refractivity (Wildman–Crippen MR) is 126 cm³/mol. The van der Waals surface area contributed by atoms with Crippen LogP contribution in [0.5, 0.6) is 5.75 Å². The minimum Gasteiger partial charge on any atom is -0.426 e. The molecule has 0 aliphatic heterocycles. The first-order valence-corrected chi connectivity index (χ1v) is 10.4. The molecular formula is C22H16Cl2F4N4O3. The van der Waals surface area contributed by atoms with Crippen LogP contribution < -0.4 is 26.0 Å². The number of anilines is 4. The Balaban J connectivity index is 1.80. The first-order valence-electron chi connectivity index (χ1n) is 9.68. The summed E-state index contributed by atoms with van der Waals surface area (Å²) < 4.78 is 56.5. The zero-order valence-corrected chi connectivity index (χ0v) is 18.9. The largest absolute Gasteiger partial charge is 0.461 e. The van der Waals surface area contributed by atoms with Crippen LogP contribution in [0.2, 0.25) is 10.0 Å². The van der Waals surface area contributed by atoms with E-state index < -0.39 is 36.0 Å². The first-order chi connectivity index (χ1) is 16.5. The van der Waals surface area contributed by atoms with E-state index in [1.54, 1.807) is 30.3 Å². The van der Waals surface area contributed by atoms with Crippen molar-refractivity contribution < 1.29 is 31.9 Å². The van der Waals surface area contributed by atoms with Gasteiger partial charge < -0.3 is 26.0 Å². The minimum atomic E-state index is -4.83. The molecule has 3 aromatic rings. The number of halogens is 6. The van der Waals surface area contributed by atoms with Crippen molar-refractivity contribution in [3.8, 4) is 5.75 Å². The van der Waals surface area contributed by atoms with E-state index in [9.17, 15) is 27.2 Å². The van der Waals surface area contributed by atoms with Gasteiger partial charge >= 0.3 is 24.6 Å². The van der Waals surface area contributed by atoms with E-state index in [1.807, 2.05) is 0 Å². The molecule has 0 atom stereocenters. The third-order valence-electron chi connectivity index (χ3n) is 4.15. The number of carbonyl (C=O) groups is 2. The molecule has 4 N–H and O–H groups in total. The summed E-state index contributed by atoms with van der Waals surface area (Å²) >= 11 is 11.7. The molecule has 35 heavy (non-hydrogen) atoms. The molecule has 0 radical (unpaired) electrons. The van der Waals surface area contributed by atoms with Gasteiger partial charge in [-0.25, -0.2) is 9.59 Å². The van der Waals surface area contributed by atoms with Crippen LogP contribution in [0.25, 0.3) is 0 Å². The summed E-state index contributed by atoms with van der Waals surface area (Å²) in [7, 11) is 0. The molecule has 0 saturated heterocycles. The third-order valence-corrected chi connectivity index (χ3v) is 4.62. The number of urea groups is 2. The quantitative estimate of drug-likeness (QED) is 0.238. The molecule has 0 saturated carbocycles. The van der Waals surface area contributed by atoms with Gasteiger partial charge in [0, 0.05) is 27.1 Å². The summed E-state index contributed by atoms with van der Waals surface area (Å²) in [6.45, 7) is 0. The number of carbonyl (C=O) groups excluding carboxylic acids is 2. The van der Waals surface area contributed by atoms with E-state index in [1.165, 1.54) is 18.2 Å². The number of nitrogens with one attached hydrogen (secondary N) is 4. The van der Waals surface area contributed by atoms with Gasteiger partial charge in [-0.3, -0.25) is 0 Å². The molecule has 7 nitrogen and oxygen atoms in total. The van der Waals surface area contributed by atoms with Crippen molar-refractivity contribution in [2.75, 3.05) is 21.3 Å². The summed E-state index contributed by atoms with van der Waals surface area (Å²) in [6.07, 6.45) is -8.96. The molecule has 4 amide bonds. The maximum absolute atomic E-state index is 13.5. The summed E-state index contributed by atoms with van der Waals surface area (Å²) in [5, 5.41) is 10.2. The van der Waals surface area contributed by atoms with Gasteiger partial charge in [0.15, 0.2) is 0 Å². The molecule has 0 aromatic heterocycles. The van der Waals surface area contributed by atoms with Crippen molar-refractivity contribution in [3.63, 3.8) is 0 Å². The summed E-state index contributed by atoms with van der Waals surface area (Å²) in [5.74, 6) is -0.766. The van der Waals surface area contributed by atoms with Crippen LogP contribution in [-0.2, 0) is 0 Å². The van der Waals surface area contributed by atoms with Crippen molar-refractivity contribution >= 4 is 58.0 Å². The number of ether oxygens (including phenoxy) is 1. The molecule has 0 aliphatic rings. The van der Waals surface area contributed by atoms with Crippen molar-refractivity contribution in [2.24, 2.45) is 0 Å². The fraction of sp³-hybridized carbons (Fsp3) is 0.0909. The Morgan fingerprint density at radius 3 is 1.71 bits per heavy atom. The molecule has 0 fully saturated rings. The highest BCUT2D eigenvalue weighted by Gasteiger charge is 2.44. The van der Waals surface area contributed by atoms with Crippen LogP contribution in [0.1, 0.15) is 0 Å². The Kier molecular flexibility index (Phi) is 8.26. The molecule has 0 bridgehead atoms. The lowest BCUT2D eigenvalue weighted by Crippen LogP contribution is -2.34. The average Bonchev–Trinajstić information content (AvgIpc) is 2.75. The fourth-order valence-corrected chi connectivity index (χ4v) is 3.08. The van der Waals surface area contributed by atoms with Gasteiger partial charge in [0.05, 0.1) is 5.69 Å². The van der Waals surface area contributed by atoms with Crippen LogP contribution in [0, 0.1) is 0 Å². The van der Waals surface area contributed by atoms with Gasteiger partial charge in [-0.15, -0.1) is 0 Å². The maximum Gasteiger partial charge on any atom is 0.461 e. The van der Waals surface area contributed by atoms with Crippen molar-refractivity contribution in [2.45, 2.75) is 12.5 Å². The fourth-order valence-electron chi connectivity index (χ4n) is 2.70. The van der Waals surface area contributed by atoms with E-state index in [2.05, 4.69) is 26.0 Å². The SMILES string of the molecule is O=C(Nc1cccc(Cl)c1)Nc1ccc(OC(F)(F)C(F)F)c(NC(=O)Nc2cccc(Cl)c2)c1. The van der Waals surface area contributed by atoms with Gasteiger partial charge in [-0.2, -0.15) is 17.6 Å². The third kappa shape index (κ3) is 7.66. The van der Waals surface area contributed by atoms with E-state index in [0.717, 1.165) is 18.2 Å². The Morgan fingerprint density at radius 2 is 1.23 bits per heavy atom. The van der Waals surface area contributed by atoms with Gasteiger partial charge in [0.1, 0.15) is 5.75 Å². The minimum absolute atomic E-state index is 0.0234. The summed E-state index contributed by atoms with van der Waals surface area (Å²) in [4.78, 5) is 24.7. The molecule has 3 rings (SSSR count). The molecule has 3 aromatic carbocycles. The lowest BCUT2D eigenvalue weighted by Gasteiger charge is -2.20. The van der Waals surface area contributed by atoms with Gasteiger partial charge in [0.2, 0.25) is 0 Å². The summed E-state index contributed by atoms with van der Waals surface area (Å²) in [5.41, 5.74) is 0.233. The van der Waals surface area contributed by atoms with E-state index >= 15 is 0 Å². The maximum atomic E-state index is 13.5. The molecule has 0 unspecified atom stereocenters. The molecule has 0 spiro atoms. The van der Waals surface area contributed by atoms with Gasteiger partial charge in [-0.1, -0.05) is 35.3 Å². The second-order valence-electron chi connectivity index (χ2n) is 6.85. The molecule has 13 heteroatoms. The van der Waals surface area contributed by atoms with Crippen molar-refractivity contribution in [3.05, 3.63) is 76.8 Å². The molecule has 184 valence electrons. The Hall–Kier alpha value is -3.70. The lowest BCUT2D eigenvalue weighted by atomic mass is 10.2. The van der Waals surface area contributed by atoms with E-state index in [4.69, 9.17) is 23.2 Å². The van der Waals surface area contributed by atoms with Crippen molar-refractivity contribution in [1.82, 2.24) is 0 Å². The number of benzene rings is 3. The van der Waals surface area contributed by atoms with Gasteiger partial charge in [0.25, 0.3) is 0 Å². The Bertz CT molecular complexity index is 1230. The average molecular weight is 531 g/mol. The zero-order valence-electron chi connectivity index (χ0n) is 17.4. The highest BCUT2D eigenvalue weighted by molar-refractivity contribution is 6.31. The van der Waals surface area contributed by atoms with Crippen molar-refractivity contribution in [1.29, 1.82) is 0 Å². The highest BCUT2D eigenvalue weighted by Crippen LogP contribution is 2.35. The summed E-state index contributed by atoms with van der Waals surface area (Å²) in [6, 6.07) is 13.7. The van der Waals surface area contributed by atoms with Gasteiger partial charge in [-0.05, 0) is 54.6 Å². The topological polar surface area (TPSA) is 91.5 Å². The molecular weight excluding hydrogens is 515 g/mol. The normalized spacial score (nSPS) is 11.1. The lowest BCUT2D eigenvalue weighted by molar-refractivity contribution is -0.252. The van der Waals surface area contributed by atoms with Crippen LogP contribution in [-0.4, -0.2) is 24.6 Å². The van der Waals surface area contributed by atoms with Crippen LogP contribution in [0.15, 0.2) is 66.7 Å². The predicted octanol–water partition coefficient (Wildman–Crippen LogP) is 7.52. The molecule has 0 heterocycles. The monoisotopic (exact) mass is 530 g/mol. The van der Waals surface area contributed by atoms with E-state index in [0.29, 0.717) is 15.7 Å². The Labute approximate surface area is 206 Å². The smallest absolute Gasteiger partial charge is 0.426 e. The van der Waals surface area contributed by atoms with E-state index in [-0.39, 0.29) is 11.4 Å². The number of rotatable bonds is 7. The first kappa shape index (κ1) is 25.9. The Morgan fingerprint density at radius 1 is 0.743 bits per heavy atom. The number of hydrogen-bond donors (Lipinski definition) is 4.